The van der Waals surface area contributed by atoms with Gasteiger partial charge < -0.3 is 10.1 Å². The van der Waals surface area contributed by atoms with Crippen LogP contribution < -0.4 is 5.32 Å². The van der Waals surface area contributed by atoms with Crippen molar-refractivity contribution in [3.8, 4) is 5.69 Å². The third-order valence-electron chi connectivity index (χ3n) is 7.38. The van der Waals surface area contributed by atoms with Crippen molar-refractivity contribution in [1.29, 1.82) is 0 Å². The number of aryl methyl sites for hydroxylation is 1. The highest BCUT2D eigenvalue weighted by molar-refractivity contribution is 7.99. The number of fused-ring (bicyclic) bond motifs is 1. The van der Waals surface area contributed by atoms with Crippen LogP contribution in [0.2, 0.25) is 0 Å². The van der Waals surface area contributed by atoms with Crippen LogP contribution in [0.1, 0.15) is 48.3 Å². The van der Waals surface area contributed by atoms with Gasteiger partial charge >= 0.3 is 6.09 Å². The lowest BCUT2D eigenvalue weighted by molar-refractivity contribution is 0.172. The van der Waals surface area contributed by atoms with Crippen molar-refractivity contribution in [3.05, 3.63) is 65.2 Å². The van der Waals surface area contributed by atoms with E-state index in [1.54, 1.807) is 11.8 Å². The second kappa shape index (κ2) is 8.48. The number of benzene rings is 2. The molecule has 2 aromatic carbocycles. The Hall–Kier alpha value is -2.87. The number of thioether (sulfide) groups is 1. The van der Waals surface area contributed by atoms with Gasteiger partial charge in [0.05, 0.1) is 11.2 Å². The van der Waals surface area contributed by atoms with Gasteiger partial charge in [-0.15, -0.1) is 5.10 Å². The Morgan fingerprint density at radius 3 is 2.91 bits per heavy atom. The summed E-state index contributed by atoms with van der Waals surface area (Å²) in [5.74, 6) is 2.14. The quantitative estimate of drug-likeness (QED) is 0.571. The first-order valence-corrected chi connectivity index (χ1v) is 12.7. The van der Waals surface area contributed by atoms with E-state index in [2.05, 4.69) is 39.0 Å². The fourth-order valence-corrected chi connectivity index (χ4v) is 6.61. The smallest absolute Gasteiger partial charge is 0.407 e. The zero-order chi connectivity index (χ0) is 22.3. The highest BCUT2D eigenvalue weighted by atomic mass is 32.2. The van der Waals surface area contributed by atoms with E-state index in [9.17, 15) is 4.79 Å². The average molecular weight is 462 g/mol. The number of carbonyl (C=O) groups is 1. The summed E-state index contributed by atoms with van der Waals surface area (Å²) in [6, 6.07) is 17.1. The Morgan fingerprint density at radius 1 is 1.15 bits per heavy atom. The van der Waals surface area contributed by atoms with E-state index in [-0.39, 0.29) is 11.6 Å². The minimum Gasteiger partial charge on any atom is -0.447 e. The summed E-state index contributed by atoms with van der Waals surface area (Å²) in [5, 5.41) is 16.2. The number of rotatable bonds is 5. The van der Waals surface area contributed by atoms with E-state index in [1.807, 2.05) is 35.0 Å². The molecule has 170 valence electrons. The number of ether oxygens (including phenoxy) is 1. The third-order valence-corrected chi connectivity index (χ3v) is 8.53. The third kappa shape index (κ3) is 4.12. The van der Waals surface area contributed by atoms with Crippen molar-refractivity contribution >= 4 is 17.9 Å². The first-order chi connectivity index (χ1) is 16.2. The number of tetrazole rings is 1. The highest BCUT2D eigenvalue weighted by Gasteiger charge is 2.46. The minimum absolute atomic E-state index is 0.144. The van der Waals surface area contributed by atoms with Gasteiger partial charge in [0.15, 0.2) is 0 Å². The molecule has 3 atom stereocenters. The Balaban J connectivity index is 1.09. The van der Waals surface area contributed by atoms with Crippen molar-refractivity contribution < 1.29 is 9.53 Å². The summed E-state index contributed by atoms with van der Waals surface area (Å²) in [4.78, 5) is 11.5. The molecule has 3 aromatic rings. The molecule has 1 amide bonds. The first-order valence-electron chi connectivity index (χ1n) is 11.7. The standard InChI is InChI=1S/C25H27N5O2S/c31-24-26-25(16-32-24)11-10-21(14-25)20-9-8-18-12-17(6-7-19(18)13-20)15-33-23-27-28-29-30(23)22-4-2-1-3-5-22/h1-5,8-9,13,17,21H,6-7,10-12,14-16H2,(H,26,31)/t17?,21-,25+/m0/s1. The van der Waals surface area contributed by atoms with Crippen molar-refractivity contribution in [2.75, 3.05) is 12.4 Å². The van der Waals surface area contributed by atoms with Gasteiger partial charge in [-0.1, -0.05) is 48.2 Å². The molecular formula is C25H27N5O2S. The van der Waals surface area contributed by atoms with Gasteiger partial charge in [0, 0.05) is 5.75 Å². The molecular weight excluding hydrogens is 434 g/mol. The van der Waals surface area contributed by atoms with Gasteiger partial charge in [-0.3, -0.25) is 0 Å². The maximum atomic E-state index is 11.5. The van der Waals surface area contributed by atoms with E-state index in [1.165, 1.54) is 23.1 Å². The largest absolute Gasteiger partial charge is 0.447 e. The molecule has 1 aromatic heterocycles. The predicted octanol–water partition coefficient (Wildman–Crippen LogP) is 4.31. The van der Waals surface area contributed by atoms with Crippen LogP contribution in [0.3, 0.4) is 0 Å². The molecule has 1 saturated heterocycles. The molecule has 1 aliphatic heterocycles. The number of amides is 1. The number of hydrogen-bond acceptors (Lipinski definition) is 6. The summed E-state index contributed by atoms with van der Waals surface area (Å²) >= 11 is 1.74. The van der Waals surface area contributed by atoms with Crippen LogP contribution in [-0.4, -0.2) is 44.2 Å². The van der Waals surface area contributed by atoms with Gasteiger partial charge in [0.1, 0.15) is 6.61 Å². The van der Waals surface area contributed by atoms with Crippen LogP contribution in [0.4, 0.5) is 4.79 Å². The van der Waals surface area contributed by atoms with Crippen LogP contribution in [0, 0.1) is 5.92 Å². The lowest BCUT2D eigenvalue weighted by Crippen LogP contribution is -2.40. The van der Waals surface area contributed by atoms with Gasteiger partial charge in [-0.2, -0.15) is 4.68 Å². The van der Waals surface area contributed by atoms with Crippen LogP contribution in [0.15, 0.2) is 53.7 Å². The van der Waals surface area contributed by atoms with Crippen molar-refractivity contribution in [3.63, 3.8) is 0 Å². The topological polar surface area (TPSA) is 81.9 Å². The Labute approximate surface area is 197 Å². The minimum atomic E-state index is -0.261. The number of para-hydroxylation sites is 1. The molecule has 1 spiro atoms. The lowest BCUT2D eigenvalue weighted by atomic mass is 9.82. The predicted molar refractivity (Wildman–Crippen MR) is 126 cm³/mol. The summed E-state index contributed by atoms with van der Waals surface area (Å²) in [6.45, 7) is 0.514. The van der Waals surface area contributed by atoms with Gasteiger partial charge in [0.2, 0.25) is 5.16 Å². The summed E-state index contributed by atoms with van der Waals surface area (Å²) in [5.41, 5.74) is 5.24. The van der Waals surface area contributed by atoms with Crippen molar-refractivity contribution in [2.45, 2.75) is 55.1 Å². The highest BCUT2D eigenvalue weighted by Crippen LogP contribution is 2.43. The van der Waals surface area contributed by atoms with E-state index < -0.39 is 0 Å². The zero-order valence-electron chi connectivity index (χ0n) is 18.4. The average Bonchev–Trinajstić information content (AvgIpc) is 3.58. The fourth-order valence-electron chi connectivity index (χ4n) is 5.59. The van der Waals surface area contributed by atoms with Crippen LogP contribution in [-0.2, 0) is 17.6 Å². The summed E-state index contributed by atoms with van der Waals surface area (Å²) in [7, 11) is 0. The molecule has 0 bridgehead atoms. The van der Waals surface area contributed by atoms with Crippen LogP contribution in [0.5, 0.6) is 0 Å². The molecule has 1 unspecified atom stereocenters. The number of alkyl carbamates (subject to hydrolysis) is 1. The fraction of sp³-hybridized carbons (Fsp3) is 0.440. The van der Waals surface area contributed by atoms with Gasteiger partial charge in [-0.25, -0.2) is 4.79 Å². The van der Waals surface area contributed by atoms with Crippen molar-refractivity contribution in [1.82, 2.24) is 25.5 Å². The van der Waals surface area contributed by atoms with E-state index in [0.717, 1.165) is 48.7 Å². The molecule has 1 N–H and O–H groups in total. The molecule has 2 aliphatic carbocycles. The Bertz CT molecular complexity index is 1170. The molecule has 0 radical (unpaired) electrons. The normalized spacial score (nSPS) is 26.2. The second-order valence-electron chi connectivity index (χ2n) is 9.58. The lowest BCUT2D eigenvalue weighted by Gasteiger charge is -2.26. The molecule has 3 aliphatic rings. The molecule has 8 heteroatoms. The SMILES string of the molecule is O=C1N[C@@]2(CC[C@H](c3ccc4c(c3)CCC(CSc3nnnn3-c3ccccc3)C4)C2)CO1. The van der Waals surface area contributed by atoms with E-state index in [0.29, 0.717) is 18.4 Å². The van der Waals surface area contributed by atoms with E-state index in [4.69, 9.17) is 4.74 Å². The molecule has 6 rings (SSSR count). The van der Waals surface area contributed by atoms with Gasteiger partial charge in [-0.05, 0) is 89.6 Å². The molecule has 2 fully saturated rings. The summed E-state index contributed by atoms with van der Waals surface area (Å²) in [6.07, 6.45) is 6.24. The van der Waals surface area contributed by atoms with Crippen LogP contribution >= 0.6 is 11.8 Å². The van der Waals surface area contributed by atoms with Crippen LogP contribution in [0.25, 0.3) is 5.69 Å². The first kappa shape index (κ1) is 20.7. The summed E-state index contributed by atoms with van der Waals surface area (Å²) < 4.78 is 7.01. The Morgan fingerprint density at radius 2 is 2.06 bits per heavy atom. The van der Waals surface area contributed by atoms with Crippen molar-refractivity contribution in [2.24, 2.45) is 5.92 Å². The molecule has 2 heterocycles. The zero-order valence-corrected chi connectivity index (χ0v) is 19.3. The van der Waals surface area contributed by atoms with Gasteiger partial charge in [0.25, 0.3) is 0 Å². The molecule has 1 saturated carbocycles. The Kier molecular flexibility index (Phi) is 5.32. The number of hydrogen-bond donors (Lipinski definition) is 1. The number of cyclic esters (lactones) is 1. The molecule has 7 nitrogen and oxygen atoms in total. The van der Waals surface area contributed by atoms with E-state index >= 15 is 0 Å². The number of nitrogens with one attached hydrogen (secondary N) is 1. The second-order valence-corrected chi connectivity index (χ2v) is 10.6. The maximum absolute atomic E-state index is 11.5. The molecule has 33 heavy (non-hydrogen) atoms. The number of aromatic nitrogens is 4. The number of nitrogens with zero attached hydrogens (tertiary/aromatic N) is 4. The maximum Gasteiger partial charge on any atom is 0.407 e. The number of carbonyl (C=O) groups excluding carboxylic acids is 1. The monoisotopic (exact) mass is 461 g/mol.